The van der Waals surface area contributed by atoms with Gasteiger partial charge in [-0.15, -0.1) is 0 Å². The van der Waals surface area contributed by atoms with E-state index in [1.54, 1.807) is 37.3 Å². The minimum absolute atomic E-state index is 0.230. The first-order chi connectivity index (χ1) is 20.5. The van der Waals surface area contributed by atoms with Gasteiger partial charge >= 0.3 is 17.9 Å². The van der Waals surface area contributed by atoms with Crippen LogP contribution in [0.1, 0.15) is 94.0 Å². The van der Waals surface area contributed by atoms with Crippen molar-refractivity contribution in [1.82, 2.24) is 4.57 Å². The van der Waals surface area contributed by atoms with Crippen molar-refractivity contribution < 1.29 is 28.6 Å². The third kappa shape index (κ3) is 6.31. The quantitative estimate of drug-likeness (QED) is 0.301. The van der Waals surface area contributed by atoms with Gasteiger partial charge in [0.2, 0.25) is 0 Å². The highest BCUT2D eigenvalue weighted by Crippen LogP contribution is 2.41. The first-order valence-electron chi connectivity index (χ1n) is 14.1. The van der Waals surface area contributed by atoms with Crippen LogP contribution in [-0.4, -0.2) is 36.7 Å². The molecule has 0 fully saturated rings. The maximum absolute atomic E-state index is 14.1. The molecular formula is C34H38N2O7S. The molecule has 0 bridgehead atoms. The van der Waals surface area contributed by atoms with Gasteiger partial charge in [0.1, 0.15) is 5.75 Å². The number of thiazole rings is 1. The van der Waals surface area contributed by atoms with Crippen molar-refractivity contribution in [3.05, 3.63) is 95.2 Å². The lowest BCUT2D eigenvalue weighted by atomic mass is 9.78. The van der Waals surface area contributed by atoms with Gasteiger partial charge in [0.25, 0.3) is 5.56 Å². The number of fused-ring (bicyclic) bond motifs is 1. The Labute approximate surface area is 260 Å². The topological polar surface area (TPSA) is 113 Å². The maximum atomic E-state index is 14.1. The smallest absolute Gasteiger partial charge is 0.338 e. The van der Waals surface area contributed by atoms with E-state index in [9.17, 15) is 19.2 Å². The van der Waals surface area contributed by atoms with Crippen LogP contribution in [0.4, 0.5) is 0 Å². The number of methoxy groups -OCH3 is 2. The maximum Gasteiger partial charge on any atom is 0.338 e. The number of carbonyl (C=O) groups excluding carboxylic acids is 3. The Balaban J connectivity index is 1.99. The van der Waals surface area contributed by atoms with Crippen molar-refractivity contribution in [1.29, 1.82) is 0 Å². The van der Waals surface area contributed by atoms with Crippen LogP contribution >= 0.6 is 11.3 Å². The van der Waals surface area contributed by atoms with Gasteiger partial charge in [-0.25, -0.2) is 14.6 Å². The molecule has 1 aliphatic rings. The standard InChI is InChI=1S/C34H38N2O7S/c1-18-26(31(40)42-10)27(21-11-13-22(14-12-21)30(39)41-9)36-29(38)25(44-32(36)35-18)17-20-15-23(33(3,4)5)28(43-19(2)37)24(16-20)34(6,7)8/h11-17,27H,1-10H3. The zero-order valence-corrected chi connectivity index (χ0v) is 27.6. The molecule has 1 aromatic heterocycles. The number of benzene rings is 2. The molecule has 10 heteroatoms. The van der Waals surface area contributed by atoms with Gasteiger partial charge in [-0.05, 0) is 59.2 Å². The first-order valence-corrected chi connectivity index (χ1v) is 15.0. The van der Waals surface area contributed by atoms with E-state index in [0.29, 0.717) is 31.9 Å². The Bertz CT molecular complexity index is 1830. The number of hydrogen-bond acceptors (Lipinski definition) is 9. The number of esters is 3. The molecule has 0 amide bonds. The fourth-order valence-electron chi connectivity index (χ4n) is 5.18. The van der Waals surface area contributed by atoms with Crippen LogP contribution in [0.25, 0.3) is 6.08 Å². The Morgan fingerprint density at radius 2 is 1.45 bits per heavy atom. The average molecular weight is 619 g/mol. The monoisotopic (exact) mass is 618 g/mol. The molecule has 232 valence electrons. The summed E-state index contributed by atoms with van der Waals surface area (Å²) >= 11 is 1.22. The van der Waals surface area contributed by atoms with Gasteiger partial charge in [-0.3, -0.25) is 14.2 Å². The second kappa shape index (κ2) is 12.0. The van der Waals surface area contributed by atoms with E-state index in [2.05, 4.69) is 4.99 Å². The molecule has 1 aliphatic heterocycles. The van der Waals surface area contributed by atoms with Crippen molar-refractivity contribution in [3.8, 4) is 5.75 Å². The lowest BCUT2D eigenvalue weighted by Gasteiger charge is -2.29. The molecule has 0 saturated carbocycles. The molecule has 44 heavy (non-hydrogen) atoms. The first kappa shape index (κ1) is 32.6. The van der Waals surface area contributed by atoms with Crippen LogP contribution in [0, 0.1) is 0 Å². The summed E-state index contributed by atoms with van der Waals surface area (Å²) in [5.74, 6) is -0.971. The Kier molecular flexibility index (Phi) is 8.89. The Morgan fingerprint density at radius 1 is 0.909 bits per heavy atom. The number of carbonyl (C=O) groups is 3. The van der Waals surface area contributed by atoms with Crippen LogP contribution in [0.2, 0.25) is 0 Å². The second-order valence-corrected chi connectivity index (χ2v) is 13.7. The SMILES string of the molecule is COC(=O)C1=C(C)N=c2sc(=Cc3cc(C(C)(C)C)c(OC(C)=O)c(C(C)(C)C)c3)c(=O)n2C1c1ccc(C(=O)OC)cc1. The lowest BCUT2D eigenvalue weighted by molar-refractivity contribution is -0.136. The fraction of sp³-hybridized carbons (Fsp3) is 0.382. The van der Waals surface area contributed by atoms with Crippen molar-refractivity contribution in [2.75, 3.05) is 14.2 Å². The van der Waals surface area contributed by atoms with E-state index < -0.39 is 23.9 Å². The molecule has 4 rings (SSSR count). The summed E-state index contributed by atoms with van der Waals surface area (Å²) in [6.07, 6.45) is 1.81. The van der Waals surface area contributed by atoms with Gasteiger partial charge in [0.05, 0.1) is 41.6 Å². The molecule has 1 unspecified atom stereocenters. The molecule has 3 aromatic rings. The largest absolute Gasteiger partial charge is 0.466 e. The molecule has 0 N–H and O–H groups in total. The summed E-state index contributed by atoms with van der Waals surface area (Å²) < 4.78 is 17.6. The molecule has 2 aromatic carbocycles. The van der Waals surface area contributed by atoms with E-state index in [4.69, 9.17) is 14.2 Å². The number of nitrogens with zero attached hydrogens (tertiary/aromatic N) is 2. The van der Waals surface area contributed by atoms with E-state index in [-0.39, 0.29) is 22.0 Å². The van der Waals surface area contributed by atoms with Crippen LogP contribution < -0.4 is 19.6 Å². The predicted octanol–water partition coefficient (Wildman–Crippen LogP) is 4.72. The number of allylic oxidation sites excluding steroid dienone is 1. The Hall–Kier alpha value is -4.31. The van der Waals surface area contributed by atoms with E-state index in [0.717, 1.165) is 16.7 Å². The van der Waals surface area contributed by atoms with E-state index in [1.807, 2.05) is 53.7 Å². The zero-order valence-electron chi connectivity index (χ0n) is 26.8. The minimum Gasteiger partial charge on any atom is -0.466 e. The molecule has 2 heterocycles. The molecule has 1 atom stereocenters. The van der Waals surface area contributed by atoms with Crippen LogP contribution in [0.15, 0.2) is 57.5 Å². The molecule has 0 aliphatic carbocycles. The third-order valence-electron chi connectivity index (χ3n) is 7.35. The fourth-order valence-corrected chi connectivity index (χ4v) is 6.23. The summed E-state index contributed by atoms with van der Waals surface area (Å²) in [6.45, 7) is 15.4. The van der Waals surface area contributed by atoms with Crippen molar-refractivity contribution in [3.63, 3.8) is 0 Å². The summed E-state index contributed by atoms with van der Waals surface area (Å²) in [5.41, 5.74) is 2.99. The Morgan fingerprint density at radius 3 is 1.93 bits per heavy atom. The molecule has 0 saturated heterocycles. The van der Waals surface area contributed by atoms with E-state index in [1.165, 1.54) is 37.0 Å². The number of hydrogen-bond donors (Lipinski definition) is 0. The van der Waals surface area contributed by atoms with Gasteiger partial charge < -0.3 is 14.2 Å². The van der Waals surface area contributed by atoms with Gasteiger partial charge in [0.15, 0.2) is 4.80 Å². The van der Waals surface area contributed by atoms with Gasteiger partial charge in [-0.2, -0.15) is 0 Å². The van der Waals surface area contributed by atoms with Gasteiger partial charge in [0, 0.05) is 18.1 Å². The van der Waals surface area contributed by atoms with Crippen LogP contribution in [0.3, 0.4) is 0 Å². The highest BCUT2D eigenvalue weighted by Gasteiger charge is 2.33. The molecule has 0 spiro atoms. The molecular weight excluding hydrogens is 580 g/mol. The normalized spacial score (nSPS) is 15.4. The highest BCUT2D eigenvalue weighted by molar-refractivity contribution is 7.07. The van der Waals surface area contributed by atoms with Crippen molar-refractivity contribution >= 4 is 35.3 Å². The van der Waals surface area contributed by atoms with E-state index >= 15 is 0 Å². The average Bonchev–Trinajstić information content (AvgIpc) is 3.24. The summed E-state index contributed by atoms with van der Waals surface area (Å²) in [5, 5.41) is 0. The highest BCUT2D eigenvalue weighted by atomic mass is 32.1. The van der Waals surface area contributed by atoms with Gasteiger partial charge in [-0.1, -0.05) is 65.0 Å². The van der Waals surface area contributed by atoms with Crippen LogP contribution in [-0.2, 0) is 29.9 Å². The number of aromatic nitrogens is 1. The third-order valence-corrected chi connectivity index (χ3v) is 8.33. The summed E-state index contributed by atoms with van der Waals surface area (Å²) in [7, 11) is 2.58. The van der Waals surface area contributed by atoms with Crippen molar-refractivity contribution in [2.45, 2.75) is 72.3 Å². The van der Waals surface area contributed by atoms with Crippen LogP contribution in [0.5, 0.6) is 5.75 Å². The zero-order chi connectivity index (χ0) is 32.7. The second-order valence-electron chi connectivity index (χ2n) is 12.7. The minimum atomic E-state index is -0.825. The summed E-state index contributed by atoms with van der Waals surface area (Å²) in [6, 6.07) is 9.62. The number of ether oxygens (including phenoxy) is 3. The number of rotatable bonds is 5. The molecule has 9 nitrogen and oxygen atoms in total. The lowest BCUT2D eigenvalue weighted by Crippen LogP contribution is -2.39. The predicted molar refractivity (Wildman–Crippen MR) is 169 cm³/mol. The molecule has 0 radical (unpaired) electrons. The van der Waals surface area contributed by atoms with Crippen molar-refractivity contribution in [2.24, 2.45) is 4.99 Å². The summed E-state index contributed by atoms with van der Waals surface area (Å²) in [4.78, 5) is 56.3.